The summed E-state index contributed by atoms with van der Waals surface area (Å²) in [7, 11) is 0. The number of anilines is 2. The zero-order valence-corrected chi connectivity index (χ0v) is 9.39. The molecule has 94 valence electrons. The van der Waals surface area contributed by atoms with Gasteiger partial charge in [0.1, 0.15) is 0 Å². The molecule has 1 saturated heterocycles. The Kier molecular flexibility index (Phi) is 2.67. The van der Waals surface area contributed by atoms with E-state index in [9.17, 15) is 18.3 Å². The predicted octanol–water partition coefficient (Wildman–Crippen LogP) is 2.38. The SMILES string of the molecule is Nc1cc(Cl)ccc1N1CCC1(O)C(F)(F)F. The minimum absolute atomic E-state index is 0.0990. The van der Waals surface area contributed by atoms with Crippen LogP contribution in [0.25, 0.3) is 0 Å². The number of nitrogens with two attached hydrogens (primary N) is 1. The monoisotopic (exact) mass is 266 g/mol. The van der Waals surface area contributed by atoms with Crippen LogP contribution >= 0.6 is 11.6 Å². The first-order chi connectivity index (χ1) is 7.75. The molecule has 3 nitrogen and oxygen atoms in total. The van der Waals surface area contributed by atoms with Gasteiger partial charge in [-0.3, -0.25) is 0 Å². The van der Waals surface area contributed by atoms with Crippen LogP contribution in [0.4, 0.5) is 24.5 Å². The van der Waals surface area contributed by atoms with Crippen LogP contribution in [0, 0.1) is 0 Å². The quantitative estimate of drug-likeness (QED) is 0.768. The molecule has 1 aliphatic rings. The molecule has 0 bridgehead atoms. The van der Waals surface area contributed by atoms with Gasteiger partial charge in [0.2, 0.25) is 5.72 Å². The summed E-state index contributed by atoms with van der Waals surface area (Å²) in [5.41, 5.74) is 3.02. The Morgan fingerprint density at radius 1 is 1.41 bits per heavy atom. The van der Waals surface area contributed by atoms with Gasteiger partial charge in [0.05, 0.1) is 11.4 Å². The average Bonchev–Trinajstić information content (AvgIpc) is 2.17. The van der Waals surface area contributed by atoms with E-state index in [1.54, 1.807) is 0 Å². The van der Waals surface area contributed by atoms with Crippen molar-refractivity contribution in [3.8, 4) is 0 Å². The lowest BCUT2D eigenvalue weighted by molar-refractivity contribution is -0.279. The average molecular weight is 267 g/mol. The fraction of sp³-hybridized carbons (Fsp3) is 0.400. The van der Waals surface area contributed by atoms with Crippen LogP contribution in [0.2, 0.25) is 5.02 Å². The summed E-state index contributed by atoms with van der Waals surface area (Å²) < 4.78 is 38.0. The lowest BCUT2D eigenvalue weighted by Gasteiger charge is -2.50. The molecule has 0 radical (unpaired) electrons. The lowest BCUT2D eigenvalue weighted by Crippen LogP contribution is -2.68. The minimum atomic E-state index is -4.71. The van der Waals surface area contributed by atoms with Gasteiger partial charge in [0.25, 0.3) is 0 Å². The van der Waals surface area contributed by atoms with Crippen LogP contribution in [0.15, 0.2) is 18.2 Å². The van der Waals surface area contributed by atoms with Gasteiger partial charge in [0, 0.05) is 18.0 Å². The van der Waals surface area contributed by atoms with Crippen LogP contribution < -0.4 is 10.6 Å². The van der Waals surface area contributed by atoms with Crippen molar-refractivity contribution in [2.45, 2.75) is 18.3 Å². The Morgan fingerprint density at radius 3 is 2.47 bits per heavy atom. The van der Waals surface area contributed by atoms with Crippen LogP contribution in [-0.4, -0.2) is 23.6 Å². The van der Waals surface area contributed by atoms with E-state index in [4.69, 9.17) is 17.3 Å². The van der Waals surface area contributed by atoms with Crippen molar-refractivity contribution in [3.05, 3.63) is 23.2 Å². The van der Waals surface area contributed by atoms with Crippen molar-refractivity contribution < 1.29 is 18.3 Å². The Bertz CT molecular complexity index is 452. The van der Waals surface area contributed by atoms with Gasteiger partial charge in [-0.2, -0.15) is 13.2 Å². The van der Waals surface area contributed by atoms with Crippen molar-refractivity contribution in [3.63, 3.8) is 0 Å². The van der Waals surface area contributed by atoms with E-state index in [0.29, 0.717) is 5.02 Å². The molecule has 1 heterocycles. The van der Waals surface area contributed by atoms with Crippen LogP contribution in [-0.2, 0) is 0 Å². The highest BCUT2D eigenvalue weighted by Gasteiger charge is 2.63. The third-order valence-electron chi connectivity index (χ3n) is 2.86. The molecule has 3 N–H and O–H groups in total. The van der Waals surface area contributed by atoms with E-state index < -0.39 is 11.9 Å². The number of rotatable bonds is 1. The molecule has 0 saturated carbocycles. The standard InChI is InChI=1S/C10H10ClF3N2O/c11-6-1-2-8(7(15)5-6)16-4-3-9(16,17)10(12,13)14/h1-2,5,17H,3-4,15H2. The topological polar surface area (TPSA) is 49.5 Å². The lowest BCUT2D eigenvalue weighted by atomic mass is 9.96. The maximum atomic E-state index is 12.7. The Balaban J connectivity index is 2.36. The van der Waals surface area contributed by atoms with Crippen molar-refractivity contribution in [1.82, 2.24) is 0 Å². The van der Waals surface area contributed by atoms with Gasteiger partial charge in [-0.15, -0.1) is 0 Å². The molecule has 1 atom stereocenters. The summed E-state index contributed by atoms with van der Waals surface area (Å²) >= 11 is 5.66. The summed E-state index contributed by atoms with van der Waals surface area (Å²) in [6.45, 7) is 0.0990. The van der Waals surface area contributed by atoms with Gasteiger partial charge >= 0.3 is 6.18 Å². The summed E-state index contributed by atoms with van der Waals surface area (Å²) in [4.78, 5) is 0.832. The van der Waals surface area contributed by atoms with E-state index >= 15 is 0 Å². The highest BCUT2D eigenvalue weighted by atomic mass is 35.5. The van der Waals surface area contributed by atoms with Gasteiger partial charge in [-0.1, -0.05) is 11.6 Å². The highest BCUT2D eigenvalue weighted by Crippen LogP contribution is 2.46. The second-order valence-corrected chi connectivity index (χ2v) is 4.36. The third kappa shape index (κ3) is 1.81. The Labute approximate surface area is 101 Å². The first kappa shape index (κ1) is 12.3. The van der Waals surface area contributed by atoms with Crippen molar-refractivity contribution >= 4 is 23.0 Å². The van der Waals surface area contributed by atoms with Crippen LogP contribution in [0.5, 0.6) is 0 Å². The number of halogens is 4. The van der Waals surface area contributed by atoms with E-state index in [-0.39, 0.29) is 24.3 Å². The van der Waals surface area contributed by atoms with Crippen molar-refractivity contribution in [2.24, 2.45) is 0 Å². The smallest absolute Gasteiger partial charge is 0.397 e. The van der Waals surface area contributed by atoms with Gasteiger partial charge in [0.15, 0.2) is 0 Å². The molecule has 7 heteroatoms. The van der Waals surface area contributed by atoms with E-state index in [1.165, 1.54) is 18.2 Å². The fourth-order valence-electron chi connectivity index (χ4n) is 1.82. The maximum Gasteiger partial charge on any atom is 0.436 e. The zero-order valence-electron chi connectivity index (χ0n) is 8.63. The normalized spacial score (nSPS) is 24.6. The molecule has 0 amide bonds. The molecule has 1 aliphatic heterocycles. The number of aliphatic hydroxyl groups is 1. The van der Waals surface area contributed by atoms with Crippen molar-refractivity contribution in [1.29, 1.82) is 0 Å². The number of alkyl halides is 3. The molecule has 0 spiro atoms. The molecule has 2 rings (SSSR count). The third-order valence-corrected chi connectivity index (χ3v) is 3.10. The van der Waals surface area contributed by atoms with E-state index in [2.05, 4.69) is 0 Å². The number of nitrogen functional groups attached to an aromatic ring is 1. The molecule has 1 fully saturated rings. The second-order valence-electron chi connectivity index (χ2n) is 3.92. The van der Waals surface area contributed by atoms with Crippen LogP contribution in [0.1, 0.15) is 6.42 Å². The van der Waals surface area contributed by atoms with E-state index in [0.717, 1.165) is 4.90 Å². The summed E-state index contributed by atoms with van der Waals surface area (Å²) in [5, 5.41) is 9.90. The number of benzene rings is 1. The largest absolute Gasteiger partial charge is 0.436 e. The number of hydrogen-bond donors (Lipinski definition) is 2. The first-order valence-corrected chi connectivity index (χ1v) is 5.25. The first-order valence-electron chi connectivity index (χ1n) is 4.87. The van der Waals surface area contributed by atoms with Gasteiger partial charge < -0.3 is 15.7 Å². The molecule has 1 unspecified atom stereocenters. The predicted molar refractivity (Wildman–Crippen MR) is 58.8 cm³/mol. The Morgan fingerprint density at radius 2 is 2.06 bits per heavy atom. The second kappa shape index (κ2) is 3.68. The maximum absolute atomic E-state index is 12.7. The molecule has 0 aliphatic carbocycles. The molecule has 1 aromatic carbocycles. The summed E-state index contributed by atoms with van der Waals surface area (Å²) in [6, 6.07) is 4.15. The van der Waals surface area contributed by atoms with Gasteiger partial charge in [-0.05, 0) is 18.2 Å². The summed E-state index contributed by atoms with van der Waals surface area (Å²) in [5.74, 6) is 0. The fourth-order valence-corrected chi connectivity index (χ4v) is 2.00. The van der Waals surface area contributed by atoms with Crippen LogP contribution in [0.3, 0.4) is 0 Å². The number of hydrogen-bond acceptors (Lipinski definition) is 3. The van der Waals surface area contributed by atoms with Crippen molar-refractivity contribution in [2.75, 3.05) is 17.2 Å². The molecule has 0 aromatic heterocycles. The Hall–Kier alpha value is -1.14. The zero-order chi connectivity index (χ0) is 12.8. The number of nitrogens with zero attached hydrogens (tertiary/aromatic N) is 1. The molecular formula is C10H10ClF3N2O. The molecule has 1 aromatic rings. The summed E-state index contributed by atoms with van der Waals surface area (Å²) in [6.07, 6.45) is -5.07. The highest BCUT2D eigenvalue weighted by molar-refractivity contribution is 6.31. The molecular weight excluding hydrogens is 257 g/mol. The molecule has 17 heavy (non-hydrogen) atoms. The van der Waals surface area contributed by atoms with Gasteiger partial charge in [-0.25, -0.2) is 0 Å². The minimum Gasteiger partial charge on any atom is -0.397 e. The van der Waals surface area contributed by atoms with E-state index in [1.807, 2.05) is 0 Å².